The lowest BCUT2D eigenvalue weighted by Crippen LogP contribution is -2.61. The fourth-order valence-corrected chi connectivity index (χ4v) is 10.7. The number of carbonyl (C=O) groups is 2. The van der Waals surface area contributed by atoms with Gasteiger partial charge in [0.05, 0.1) is 18.8 Å². The summed E-state index contributed by atoms with van der Waals surface area (Å²) in [6, 6.07) is 24.3. The van der Waals surface area contributed by atoms with Gasteiger partial charge in [-0.3, -0.25) is 9.69 Å². The average Bonchev–Trinajstić information content (AvgIpc) is 3.62. The number of hydrogen-bond acceptors (Lipinski definition) is 7. The van der Waals surface area contributed by atoms with Gasteiger partial charge in [0.15, 0.2) is 6.29 Å². The summed E-state index contributed by atoms with van der Waals surface area (Å²) in [6.45, 7) is 9.75. The maximum absolute atomic E-state index is 13.2. The van der Waals surface area contributed by atoms with Crippen LogP contribution in [0.3, 0.4) is 0 Å². The minimum absolute atomic E-state index is 0.00123. The van der Waals surface area contributed by atoms with Gasteiger partial charge in [-0.15, -0.1) is 0 Å². The second-order valence-corrected chi connectivity index (χ2v) is 18.3. The van der Waals surface area contributed by atoms with E-state index in [9.17, 15) is 14.7 Å². The number of benzene rings is 3. The van der Waals surface area contributed by atoms with Gasteiger partial charge in [0, 0.05) is 30.1 Å². The molecule has 2 aliphatic heterocycles. The number of likely N-dealkylation sites (tertiary alicyclic amines) is 1. The number of aliphatic hydroxyl groups excluding tert-OH is 1. The van der Waals surface area contributed by atoms with E-state index in [4.69, 9.17) is 14.2 Å². The molecule has 0 spiro atoms. The second-order valence-electron chi connectivity index (χ2n) is 18.3. The van der Waals surface area contributed by atoms with E-state index in [0.717, 1.165) is 89.8 Å². The Morgan fingerprint density at radius 3 is 2.20 bits per heavy atom. The van der Waals surface area contributed by atoms with Crippen LogP contribution in [0.4, 0.5) is 4.79 Å². The van der Waals surface area contributed by atoms with Gasteiger partial charge < -0.3 is 30.0 Å². The molecular formula is C46H59N3O6. The zero-order chi connectivity index (χ0) is 38.3. The number of rotatable bonds is 10. The molecule has 0 aromatic heterocycles. The smallest absolute Gasteiger partial charge is 0.323 e. The van der Waals surface area contributed by atoms with E-state index in [-0.39, 0.29) is 48.3 Å². The second kappa shape index (κ2) is 15.6. The van der Waals surface area contributed by atoms with Crippen LogP contribution in [0, 0.1) is 23.7 Å². The molecule has 6 aliphatic rings. The summed E-state index contributed by atoms with van der Waals surface area (Å²) in [5.74, 6) is 2.19. The molecular weight excluding hydrogens is 691 g/mol. The summed E-state index contributed by atoms with van der Waals surface area (Å²) in [6.07, 6.45) is 8.14. The minimum Gasteiger partial charge on any atom is -0.459 e. The normalized spacial score (nSPS) is 31.7. The van der Waals surface area contributed by atoms with Crippen LogP contribution in [-0.4, -0.2) is 58.4 Å². The summed E-state index contributed by atoms with van der Waals surface area (Å²) in [4.78, 5) is 28.6. The van der Waals surface area contributed by atoms with Gasteiger partial charge in [0.1, 0.15) is 11.6 Å². The van der Waals surface area contributed by atoms with Crippen LogP contribution in [0.2, 0.25) is 0 Å². The molecule has 2 saturated heterocycles. The molecule has 0 unspecified atom stereocenters. The quantitative estimate of drug-likeness (QED) is 0.179. The zero-order valence-electron chi connectivity index (χ0n) is 33.0. The van der Waals surface area contributed by atoms with Crippen LogP contribution in [0.5, 0.6) is 0 Å². The van der Waals surface area contributed by atoms with Crippen LogP contribution < -0.4 is 10.6 Å². The third kappa shape index (κ3) is 8.65. The van der Waals surface area contributed by atoms with Gasteiger partial charge in [0.25, 0.3) is 0 Å². The summed E-state index contributed by atoms with van der Waals surface area (Å²) in [7, 11) is 0. The Morgan fingerprint density at radius 2 is 1.55 bits per heavy atom. The maximum Gasteiger partial charge on any atom is 0.323 e. The first-order valence-electron chi connectivity index (χ1n) is 20.7. The van der Waals surface area contributed by atoms with Crippen molar-refractivity contribution in [2.75, 3.05) is 13.1 Å². The topological polar surface area (TPSA) is 109 Å². The van der Waals surface area contributed by atoms with Crippen molar-refractivity contribution in [2.24, 2.45) is 23.7 Å². The number of esters is 1. The Kier molecular flexibility index (Phi) is 10.8. The number of nitrogens with zero attached hydrogens (tertiary/aromatic N) is 1. The maximum atomic E-state index is 13.2. The number of urea groups is 1. The number of aliphatic hydroxyl groups is 1. The SMILES string of the molecule is C[C@@H]1[C@H](CN2CCC[C@H]2C(=O)OC(C)(C)C)O[C@H](c2ccc(-c3cccc(CNC(=O)NC45CC6CC(CC(C6)C4)C5)c3)cc2)O[C@@H]1c1ccc(CO)cc1. The lowest BCUT2D eigenvalue weighted by atomic mass is 9.53. The molecule has 3 aromatic carbocycles. The highest BCUT2D eigenvalue weighted by Crippen LogP contribution is 2.55. The van der Waals surface area contributed by atoms with Crippen molar-refractivity contribution in [1.29, 1.82) is 0 Å². The lowest BCUT2D eigenvalue weighted by molar-refractivity contribution is -0.276. The Morgan fingerprint density at radius 1 is 0.873 bits per heavy atom. The Labute approximate surface area is 326 Å². The van der Waals surface area contributed by atoms with Crippen molar-refractivity contribution in [3.05, 3.63) is 95.1 Å². The molecule has 9 heteroatoms. The van der Waals surface area contributed by atoms with E-state index in [0.29, 0.717) is 13.1 Å². The van der Waals surface area contributed by atoms with Gasteiger partial charge in [-0.2, -0.15) is 0 Å². The molecule has 4 bridgehead atoms. The molecule has 55 heavy (non-hydrogen) atoms. The average molecular weight is 750 g/mol. The van der Waals surface area contributed by atoms with Crippen LogP contribution in [-0.2, 0) is 32.2 Å². The lowest BCUT2D eigenvalue weighted by Gasteiger charge is -2.56. The van der Waals surface area contributed by atoms with Gasteiger partial charge in [-0.1, -0.05) is 73.7 Å². The number of ether oxygens (including phenoxy) is 3. The minimum atomic E-state index is -0.608. The van der Waals surface area contributed by atoms with Crippen LogP contribution in [0.1, 0.15) is 114 Å². The van der Waals surface area contributed by atoms with Gasteiger partial charge >= 0.3 is 12.0 Å². The number of nitrogens with one attached hydrogen (secondary N) is 2. The fourth-order valence-electron chi connectivity index (χ4n) is 10.7. The summed E-state index contributed by atoms with van der Waals surface area (Å²) >= 11 is 0. The molecule has 2 heterocycles. The van der Waals surface area contributed by atoms with Crippen molar-refractivity contribution in [2.45, 2.75) is 128 Å². The van der Waals surface area contributed by atoms with Crippen molar-refractivity contribution >= 4 is 12.0 Å². The fraction of sp³-hybridized carbons (Fsp3) is 0.565. The molecule has 294 valence electrons. The van der Waals surface area contributed by atoms with Crippen molar-refractivity contribution in [3.8, 4) is 11.1 Å². The van der Waals surface area contributed by atoms with Crippen molar-refractivity contribution in [1.82, 2.24) is 15.5 Å². The first kappa shape index (κ1) is 38.1. The Balaban J connectivity index is 0.946. The van der Waals surface area contributed by atoms with Gasteiger partial charge in [0.2, 0.25) is 0 Å². The van der Waals surface area contributed by atoms with Gasteiger partial charge in [-0.05, 0) is 130 Å². The molecule has 9 nitrogen and oxygen atoms in total. The predicted octanol–water partition coefficient (Wildman–Crippen LogP) is 8.21. The molecule has 4 saturated carbocycles. The molecule has 3 N–H and O–H groups in total. The third-order valence-corrected chi connectivity index (χ3v) is 12.9. The molecule has 9 rings (SSSR count). The van der Waals surface area contributed by atoms with Crippen molar-refractivity contribution < 1.29 is 28.9 Å². The standard InChI is InChI=1S/C46H59N3O6/c1-29-40(27-49-18-6-9-39(49)42(51)55-45(2,3)4)53-43(54-41(29)36-12-10-30(28-50)11-13-36)37-16-14-35(15-17-37)38-8-5-7-31(22-38)26-47-44(52)48-46-23-32-19-33(24-46)21-34(20-32)25-46/h5,7-8,10-17,22,29,32-34,39-41,43,50H,6,9,18-21,23-28H2,1-4H3,(H2,47,48,52)/t29-,32?,33?,34?,39+,40+,41+,43+,46?/m1/s1. The van der Waals surface area contributed by atoms with Crippen LogP contribution in [0.15, 0.2) is 72.8 Å². The van der Waals surface area contributed by atoms with E-state index in [2.05, 4.69) is 64.9 Å². The highest BCUT2D eigenvalue weighted by atomic mass is 16.7. The molecule has 6 fully saturated rings. The van der Waals surface area contributed by atoms with Gasteiger partial charge in [-0.25, -0.2) is 4.79 Å². The van der Waals surface area contributed by atoms with E-state index < -0.39 is 11.9 Å². The van der Waals surface area contributed by atoms with Crippen molar-refractivity contribution in [3.63, 3.8) is 0 Å². The van der Waals surface area contributed by atoms with E-state index >= 15 is 0 Å². The molecule has 2 amide bonds. The Bertz CT molecular complexity index is 1780. The van der Waals surface area contributed by atoms with Crippen LogP contribution in [0.25, 0.3) is 11.1 Å². The predicted molar refractivity (Wildman–Crippen MR) is 212 cm³/mol. The largest absolute Gasteiger partial charge is 0.459 e. The first-order valence-corrected chi connectivity index (χ1v) is 20.7. The highest BCUT2D eigenvalue weighted by molar-refractivity contribution is 5.76. The first-order chi connectivity index (χ1) is 26.4. The van der Waals surface area contributed by atoms with E-state index in [1.54, 1.807) is 0 Å². The summed E-state index contributed by atoms with van der Waals surface area (Å²) in [5.41, 5.74) is 5.45. The van der Waals surface area contributed by atoms with E-state index in [1.807, 2.05) is 51.1 Å². The van der Waals surface area contributed by atoms with E-state index in [1.165, 1.54) is 19.3 Å². The molecule has 3 aromatic rings. The summed E-state index contributed by atoms with van der Waals surface area (Å²) < 4.78 is 19.3. The Hall–Kier alpha value is -3.76. The number of hydrogen-bond donors (Lipinski definition) is 3. The van der Waals surface area contributed by atoms with Crippen LogP contribution >= 0.6 is 0 Å². The number of carbonyl (C=O) groups excluding carboxylic acids is 2. The third-order valence-electron chi connectivity index (χ3n) is 12.9. The molecule has 0 radical (unpaired) electrons. The zero-order valence-corrected chi connectivity index (χ0v) is 33.0. The number of amides is 2. The summed E-state index contributed by atoms with van der Waals surface area (Å²) in [5, 5.41) is 16.3. The molecule has 5 atom stereocenters. The molecule has 4 aliphatic carbocycles. The highest BCUT2D eigenvalue weighted by Gasteiger charge is 2.51. The monoisotopic (exact) mass is 749 g/mol.